The smallest absolute Gasteiger partial charge is 0.328 e. The monoisotopic (exact) mass is 456 g/mol. The average molecular weight is 457 g/mol. The molecule has 0 heterocycles. The maximum Gasteiger partial charge on any atom is 0.328 e. The largest absolute Gasteiger partial charge is 0.467 e. The normalized spacial score (nSPS) is 11.8. The van der Waals surface area contributed by atoms with Crippen LogP contribution in [0.2, 0.25) is 0 Å². The molecule has 0 saturated heterocycles. The van der Waals surface area contributed by atoms with Crippen LogP contribution in [0.15, 0.2) is 60.7 Å². The first kappa shape index (κ1) is 25.0. The van der Waals surface area contributed by atoms with Gasteiger partial charge in [-0.3, -0.25) is 4.79 Å². The Hall–Kier alpha value is -3.65. The number of benzene rings is 3. The number of rotatable bonds is 9. The lowest BCUT2D eigenvalue weighted by molar-refractivity contribution is -0.155. The Morgan fingerprint density at radius 1 is 0.971 bits per heavy atom. The van der Waals surface area contributed by atoms with E-state index in [0.29, 0.717) is 18.5 Å². The minimum atomic E-state index is -0.621. The summed E-state index contributed by atoms with van der Waals surface area (Å²) in [5.74, 6) is -0.469. The van der Waals surface area contributed by atoms with Crippen LogP contribution >= 0.6 is 0 Å². The Labute approximate surface area is 202 Å². The molecule has 1 amide bonds. The molecule has 5 nitrogen and oxygen atoms in total. The molecular formula is C29H32N2O3. The van der Waals surface area contributed by atoms with Crippen LogP contribution in [0.3, 0.4) is 0 Å². The Morgan fingerprint density at radius 3 is 2.24 bits per heavy atom. The second kappa shape index (κ2) is 11.5. The Kier molecular flexibility index (Phi) is 8.43. The molecule has 0 spiro atoms. The van der Waals surface area contributed by atoms with Gasteiger partial charge in [-0.05, 0) is 64.1 Å². The number of unbranched alkanes of at least 4 members (excludes halogenated alkanes) is 1. The molecule has 0 radical (unpaired) electrons. The summed E-state index contributed by atoms with van der Waals surface area (Å²) in [5.41, 5.74) is 3.74. The van der Waals surface area contributed by atoms with E-state index in [2.05, 4.69) is 36.4 Å². The standard InChI is InChI=1S/C29H32N2O3/c1-5-6-7-27(32)31(28(20(2)3)29(33)34-4)19-22-10-13-26-17-25(15-14-24(26)16-22)23-11-8-21(18-30)9-12-23/h8-17,20,28H,5-7,19H2,1-4H3. The first-order valence-corrected chi connectivity index (χ1v) is 11.8. The van der Waals surface area contributed by atoms with Gasteiger partial charge in [0.15, 0.2) is 0 Å². The summed E-state index contributed by atoms with van der Waals surface area (Å²) < 4.78 is 5.04. The number of ether oxygens (including phenoxy) is 1. The molecule has 0 bridgehead atoms. The number of carbonyl (C=O) groups excluding carboxylic acids is 2. The van der Waals surface area contributed by atoms with Crippen LogP contribution in [0.25, 0.3) is 21.9 Å². The SMILES string of the molecule is CCCCC(=O)N(Cc1ccc2cc(-c3ccc(C#N)cc3)ccc2c1)C(C(=O)OC)C(C)C. The fourth-order valence-electron chi connectivity index (χ4n) is 4.20. The summed E-state index contributed by atoms with van der Waals surface area (Å²) >= 11 is 0. The van der Waals surface area contributed by atoms with Crippen molar-refractivity contribution in [2.24, 2.45) is 5.92 Å². The molecule has 1 unspecified atom stereocenters. The topological polar surface area (TPSA) is 70.4 Å². The van der Waals surface area contributed by atoms with Gasteiger partial charge in [0.1, 0.15) is 6.04 Å². The zero-order valence-electron chi connectivity index (χ0n) is 20.4. The van der Waals surface area contributed by atoms with Crippen LogP contribution in [0.5, 0.6) is 0 Å². The number of nitrogens with zero attached hydrogens (tertiary/aromatic N) is 2. The molecule has 0 saturated carbocycles. The quantitative estimate of drug-likeness (QED) is 0.365. The lowest BCUT2D eigenvalue weighted by atomic mass is 9.98. The maximum absolute atomic E-state index is 13.1. The third-order valence-electron chi connectivity index (χ3n) is 6.08. The van der Waals surface area contributed by atoms with Crippen LogP contribution in [-0.2, 0) is 20.9 Å². The summed E-state index contributed by atoms with van der Waals surface area (Å²) in [6, 6.07) is 21.4. The van der Waals surface area contributed by atoms with Crippen molar-refractivity contribution in [3.63, 3.8) is 0 Å². The van der Waals surface area contributed by atoms with Gasteiger partial charge < -0.3 is 9.64 Å². The molecule has 176 valence electrons. The van der Waals surface area contributed by atoms with Gasteiger partial charge in [0.25, 0.3) is 0 Å². The second-order valence-corrected chi connectivity index (χ2v) is 8.92. The van der Waals surface area contributed by atoms with Crippen molar-refractivity contribution in [2.75, 3.05) is 7.11 Å². The summed E-state index contributed by atoms with van der Waals surface area (Å²) in [6.45, 7) is 6.28. The highest BCUT2D eigenvalue weighted by Crippen LogP contribution is 2.27. The highest BCUT2D eigenvalue weighted by molar-refractivity contribution is 5.88. The molecule has 1 atom stereocenters. The number of esters is 1. The molecule has 0 fully saturated rings. The minimum Gasteiger partial charge on any atom is -0.467 e. The van der Waals surface area contributed by atoms with Gasteiger partial charge in [-0.25, -0.2) is 4.79 Å². The van der Waals surface area contributed by atoms with E-state index < -0.39 is 6.04 Å². The van der Waals surface area contributed by atoms with Gasteiger partial charge in [0.2, 0.25) is 5.91 Å². The Bertz CT molecular complexity index is 1190. The number of hydrogen-bond acceptors (Lipinski definition) is 4. The molecular weight excluding hydrogens is 424 g/mol. The van der Waals surface area contributed by atoms with E-state index in [4.69, 9.17) is 10.00 Å². The predicted molar refractivity (Wildman–Crippen MR) is 135 cm³/mol. The van der Waals surface area contributed by atoms with Crippen molar-refractivity contribution >= 4 is 22.6 Å². The lowest BCUT2D eigenvalue weighted by Crippen LogP contribution is -2.48. The van der Waals surface area contributed by atoms with Crippen LogP contribution < -0.4 is 0 Å². The maximum atomic E-state index is 13.1. The number of hydrogen-bond donors (Lipinski definition) is 0. The van der Waals surface area contributed by atoms with E-state index in [1.807, 2.05) is 51.1 Å². The number of carbonyl (C=O) groups is 2. The van der Waals surface area contributed by atoms with Crippen molar-refractivity contribution < 1.29 is 14.3 Å². The summed E-state index contributed by atoms with van der Waals surface area (Å²) in [5, 5.41) is 11.2. The molecule has 0 aromatic heterocycles. The molecule has 3 rings (SSSR count). The van der Waals surface area contributed by atoms with Gasteiger partial charge in [0, 0.05) is 13.0 Å². The zero-order valence-corrected chi connectivity index (χ0v) is 20.4. The van der Waals surface area contributed by atoms with Crippen molar-refractivity contribution in [1.29, 1.82) is 5.26 Å². The Morgan fingerprint density at radius 2 is 1.62 bits per heavy atom. The van der Waals surface area contributed by atoms with Gasteiger partial charge >= 0.3 is 5.97 Å². The van der Waals surface area contributed by atoms with Crippen LogP contribution in [-0.4, -0.2) is 29.9 Å². The van der Waals surface area contributed by atoms with Crippen molar-refractivity contribution in [2.45, 2.75) is 52.6 Å². The molecule has 3 aromatic carbocycles. The van der Waals surface area contributed by atoms with E-state index in [-0.39, 0.29) is 17.8 Å². The average Bonchev–Trinajstić information content (AvgIpc) is 2.86. The number of nitriles is 1. The van der Waals surface area contributed by atoms with E-state index in [1.165, 1.54) is 7.11 Å². The van der Waals surface area contributed by atoms with Gasteiger partial charge in [0.05, 0.1) is 18.7 Å². The second-order valence-electron chi connectivity index (χ2n) is 8.92. The van der Waals surface area contributed by atoms with E-state index in [0.717, 1.165) is 40.3 Å². The first-order valence-electron chi connectivity index (χ1n) is 11.8. The summed E-state index contributed by atoms with van der Waals surface area (Å²) in [7, 11) is 1.37. The summed E-state index contributed by atoms with van der Waals surface area (Å²) in [6.07, 6.45) is 2.12. The molecule has 3 aromatic rings. The zero-order chi connectivity index (χ0) is 24.7. The van der Waals surface area contributed by atoms with Crippen molar-refractivity contribution in [1.82, 2.24) is 4.90 Å². The van der Waals surface area contributed by atoms with Crippen LogP contribution in [0.1, 0.15) is 51.2 Å². The van der Waals surface area contributed by atoms with Crippen LogP contribution in [0.4, 0.5) is 0 Å². The van der Waals surface area contributed by atoms with E-state index in [1.54, 1.807) is 4.90 Å². The highest BCUT2D eigenvalue weighted by atomic mass is 16.5. The fraction of sp³-hybridized carbons (Fsp3) is 0.345. The summed E-state index contributed by atoms with van der Waals surface area (Å²) in [4.78, 5) is 27.3. The number of fused-ring (bicyclic) bond motifs is 1. The predicted octanol–water partition coefficient (Wildman–Crippen LogP) is 6.09. The Balaban J connectivity index is 1.91. The third kappa shape index (κ3) is 5.82. The molecule has 0 aliphatic carbocycles. The molecule has 5 heteroatoms. The number of methoxy groups -OCH3 is 1. The van der Waals surface area contributed by atoms with Gasteiger partial charge in [-0.1, -0.05) is 63.6 Å². The molecule has 0 N–H and O–H groups in total. The first-order chi connectivity index (χ1) is 16.4. The molecule has 34 heavy (non-hydrogen) atoms. The van der Waals surface area contributed by atoms with Gasteiger partial charge in [-0.2, -0.15) is 5.26 Å². The lowest BCUT2D eigenvalue weighted by Gasteiger charge is -2.32. The van der Waals surface area contributed by atoms with Crippen LogP contribution in [0, 0.1) is 17.2 Å². The minimum absolute atomic E-state index is 0.0257. The van der Waals surface area contributed by atoms with Gasteiger partial charge in [-0.15, -0.1) is 0 Å². The van der Waals surface area contributed by atoms with Crippen molar-refractivity contribution in [3.05, 3.63) is 71.8 Å². The highest BCUT2D eigenvalue weighted by Gasteiger charge is 2.33. The molecule has 0 aliphatic rings. The molecule has 0 aliphatic heterocycles. The van der Waals surface area contributed by atoms with Crippen molar-refractivity contribution in [3.8, 4) is 17.2 Å². The number of amides is 1. The van der Waals surface area contributed by atoms with E-state index in [9.17, 15) is 9.59 Å². The fourth-order valence-corrected chi connectivity index (χ4v) is 4.20. The van der Waals surface area contributed by atoms with E-state index >= 15 is 0 Å². The third-order valence-corrected chi connectivity index (χ3v) is 6.08.